The molecule has 0 aromatic carbocycles. The molecule has 0 saturated heterocycles. The highest BCUT2D eigenvalue weighted by molar-refractivity contribution is 5.75. The molecular weight excluding hydrogens is 202 g/mol. The van der Waals surface area contributed by atoms with E-state index in [4.69, 9.17) is 5.73 Å². The summed E-state index contributed by atoms with van der Waals surface area (Å²) in [7, 11) is 5.94. The van der Waals surface area contributed by atoms with Crippen molar-refractivity contribution in [3.05, 3.63) is 0 Å². The maximum absolute atomic E-state index is 11.7. The second kappa shape index (κ2) is 6.86. The molecule has 0 aliphatic rings. The summed E-state index contributed by atoms with van der Waals surface area (Å²) in [5.41, 5.74) is 5.60. The van der Waals surface area contributed by atoms with Gasteiger partial charge in [-0.15, -0.1) is 0 Å². The highest BCUT2D eigenvalue weighted by Gasteiger charge is 2.15. The molecule has 0 aliphatic carbocycles. The molecule has 0 radical (unpaired) electrons. The van der Waals surface area contributed by atoms with Crippen molar-refractivity contribution in [2.24, 2.45) is 5.73 Å². The molecule has 0 atom stereocenters. The van der Waals surface area contributed by atoms with Gasteiger partial charge in [0.15, 0.2) is 0 Å². The predicted octanol–water partition coefficient (Wildman–Crippen LogP) is 0.914. The van der Waals surface area contributed by atoms with Crippen LogP contribution in [0, 0.1) is 0 Å². The third kappa shape index (κ3) is 8.68. The average Bonchev–Trinajstić information content (AvgIpc) is 2.12. The Morgan fingerprint density at radius 3 is 2.19 bits per heavy atom. The van der Waals surface area contributed by atoms with E-state index in [1.807, 2.05) is 35.0 Å². The SMILES string of the molecule is CN(C)CCCN(C)C(=O)CCC(C)(C)N. The molecule has 0 unspecified atom stereocenters. The molecule has 4 heteroatoms. The minimum absolute atomic E-state index is 0.192. The number of nitrogens with zero attached hydrogens (tertiary/aromatic N) is 2. The summed E-state index contributed by atoms with van der Waals surface area (Å²) >= 11 is 0. The molecule has 4 nitrogen and oxygen atoms in total. The maximum Gasteiger partial charge on any atom is 0.222 e. The third-order valence-electron chi connectivity index (χ3n) is 2.51. The van der Waals surface area contributed by atoms with Gasteiger partial charge in [0.1, 0.15) is 0 Å². The van der Waals surface area contributed by atoms with Gasteiger partial charge < -0.3 is 15.5 Å². The Morgan fingerprint density at radius 1 is 1.19 bits per heavy atom. The lowest BCUT2D eigenvalue weighted by Crippen LogP contribution is -2.35. The van der Waals surface area contributed by atoms with Crippen LogP contribution in [0.4, 0.5) is 0 Å². The number of amides is 1. The van der Waals surface area contributed by atoms with Gasteiger partial charge in [0.25, 0.3) is 0 Å². The highest BCUT2D eigenvalue weighted by atomic mass is 16.2. The summed E-state index contributed by atoms with van der Waals surface area (Å²) in [6.45, 7) is 5.74. The Bertz CT molecular complexity index is 209. The molecule has 0 heterocycles. The third-order valence-corrected chi connectivity index (χ3v) is 2.51. The number of hydrogen-bond donors (Lipinski definition) is 1. The van der Waals surface area contributed by atoms with E-state index >= 15 is 0 Å². The normalized spacial score (nSPS) is 11.9. The van der Waals surface area contributed by atoms with Crippen LogP contribution < -0.4 is 5.73 Å². The first-order valence-electron chi connectivity index (χ1n) is 5.90. The molecule has 0 spiro atoms. The largest absolute Gasteiger partial charge is 0.346 e. The van der Waals surface area contributed by atoms with Crippen LogP contribution >= 0.6 is 0 Å². The molecule has 0 rings (SSSR count). The van der Waals surface area contributed by atoms with Gasteiger partial charge in [0.05, 0.1) is 0 Å². The van der Waals surface area contributed by atoms with Crippen molar-refractivity contribution in [3.63, 3.8) is 0 Å². The first kappa shape index (κ1) is 15.4. The van der Waals surface area contributed by atoms with Gasteiger partial charge in [0.2, 0.25) is 5.91 Å². The zero-order valence-corrected chi connectivity index (χ0v) is 11.4. The highest BCUT2D eigenvalue weighted by Crippen LogP contribution is 2.08. The summed E-state index contributed by atoms with van der Waals surface area (Å²) < 4.78 is 0. The van der Waals surface area contributed by atoms with Crippen LogP contribution in [0.3, 0.4) is 0 Å². The van der Waals surface area contributed by atoms with Gasteiger partial charge in [-0.25, -0.2) is 0 Å². The number of carbonyl (C=O) groups is 1. The van der Waals surface area contributed by atoms with E-state index in [0.29, 0.717) is 6.42 Å². The van der Waals surface area contributed by atoms with Crippen molar-refractivity contribution in [1.29, 1.82) is 0 Å². The molecule has 1 amide bonds. The van der Waals surface area contributed by atoms with E-state index in [2.05, 4.69) is 4.90 Å². The number of rotatable bonds is 7. The Balaban J connectivity index is 3.74. The van der Waals surface area contributed by atoms with Gasteiger partial charge in [-0.2, -0.15) is 0 Å². The zero-order chi connectivity index (χ0) is 12.8. The molecule has 96 valence electrons. The lowest BCUT2D eigenvalue weighted by Gasteiger charge is -2.22. The van der Waals surface area contributed by atoms with Crippen molar-refractivity contribution < 1.29 is 4.79 Å². The summed E-state index contributed by atoms with van der Waals surface area (Å²) in [6.07, 6.45) is 2.30. The van der Waals surface area contributed by atoms with Crippen molar-refractivity contribution in [2.45, 2.75) is 38.6 Å². The first-order chi connectivity index (χ1) is 7.22. The van der Waals surface area contributed by atoms with E-state index in [1.54, 1.807) is 4.90 Å². The van der Waals surface area contributed by atoms with Crippen molar-refractivity contribution in [3.8, 4) is 0 Å². The summed E-state index contributed by atoms with van der Waals surface area (Å²) in [6, 6.07) is 0. The van der Waals surface area contributed by atoms with Gasteiger partial charge in [-0.3, -0.25) is 4.79 Å². The second-order valence-electron chi connectivity index (χ2n) is 5.46. The summed E-state index contributed by atoms with van der Waals surface area (Å²) in [4.78, 5) is 15.6. The Morgan fingerprint density at radius 2 is 1.75 bits per heavy atom. The molecule has 0 aromatic heterocycles. The van der Waals surface area contributed by atoms with Crippen LogP contribution in [-0.4, -0.2) is 55.5 Å². The molecule has 0 fully saturated rings. The Labute approximate surface area is 99.8 Å². The van der Waals surface area contributed by atoms with Crippen LogP contribution in [0.2, 0.25) is 0 Å². The Kier molecular flexibility index (Phi) is 6.60. The average molecular weight is 229 g/mol. The topological polar surface area (TPSA) is 49.6 Å². The lowest BCUT2D eigenvalue weighted by atomic mass is 10.00. The first-order valence-corrected chi connectivity index (χ1v) is 5.90. The Hall–Kier alpha value is -0.610. The van der Waals surface area contributed by atoms with Gasteiger partial charge in [0, 0.05) is 25.6 Å². The minimum atomic E-state index is -0.250. The zero-order valence-electron chi connectivity index (χ0n) is 11.4. The van der Waals surface area contributed by atoms with E-state index in [-0.39, 0.29) is 11.4 Å². The molecule has 0 saturated carbocycles. The van der Waals surface area contributed by atoms with Crippen molar-refractivity contribution in [1.82, 2.24) is 9.80 Å². The molecule has 0 aliphatic heterocycles. The molecule has 2 N–H and O–H groups in total. The second-order valence-corrected chi connectivity index (χ2v) is 5.46. The van der Waals surface area contributed by atoms with Crippen LogP contribution in [0.15, 0.2) is 0 Å². The fraction of sp³-hybridized carbons (Fsp3) is 0.917. The number of carbonyl (C=O) groups excluding carboxylic acids is 1. The van der Waals surface area contributed by atoms with Crippen LogP contribution in [0.25, 0.3) is 0 Å². The minimum Gasteiger partial charge on any atom is -0.346 e. The quantitative estimate of drug-likeness (QED) is 0.706. The lowest BCUT2D eigenvalue weighted by molar-refractivity contribution is -0.130. The van der Waals surface area contributed by atoms with Crippen molar-refractivity contribution >= 4 is 5.91 Å². The molecule has 0 aromatic rings. The van der Waals surface area contributed by atoms with E-state index in [9.17, 15) is 4.79 Å². The van der Waals surface area contributed by atoms with Crippen molar-refractivity contribution in [2.75, 3.05) is 34.2 Å². The standard InChI is InChI=1S/C12H27N3O/c1-12(2,13)8-7-11(16)15(5)10-6-9-14(3)4/h6-10,13H2,1-5H3. The van der Waals surface area contributed by atoms with Gasteiger partial charge >= 0.3 is 0 Å². The fourth-order valence-corrected chi connectivity index (χ4v) is 1.37. The van der Waals surface area contributed by atoms with Gasteiger partial charge in [-0.1, -0.05) is 0 Å². The predicted molar refractivity (Wildman–Crippen MR) is 68.3 cm³/mol. The monoisotopic (exact) mass is 229 g/mol. The van der Waals surface area contributed by atoms with E-state index in [1.165, 1.54) is 0 Å². The van der Waals surface area contributed by atoms with Crippen LogP contribution in [-0.2, 0) is 4.79 Å². The van der Waals surface area contributed by atoms with Crippen LogP contribution in [0.5, 0.6) is 0 Å². The number of nitrogens with two attached hydrogens (primary N) is 1. The maximum atomic E-state index is 11.7. The molecule has 0 bridgehead atoms. The smallest absolute Gasteiger partial charge is 0.222 e. The number of hydrogen-bond acceptors (Lipinski definition) is 3. The summed E-state index contributed by atoms with van der Waals surface area (Å²) in [5, 5.41) is 0. The fourth-order valence-electron chi connectivity index (χ4n) is 1.37. The summed E-state index contributed by atoms with van der Waals surface area (Å²) in [5.74, 6) is 0.192. The molecule has 16 heavy (non-hydrogen) atoms. The van der Waals surface area contributed by atoms with E-state index < -0.39 is 0 Å². The van der Waals surface area contributed by atoms with Crippen LogP contribution in [0.1, 0.15) is 33.1 Å². The van der Waals surface area contributed by atoms with E-state index in [0.717, 1.165) is 25.9 Å². The molecular formula is C12H27N3O. The van der Waals surface area contributed by atoms with Gasteiger partial charge in [-0.05, 0) is 47.3 Å².